The van der Waals surface area contributed by atoms with Crippen molar-refractivity contribution in [3.8, 4) is 6.07 Å². The lowest BCUT2D eigenvalue weighted by Gasteiger charge is -2.22. The molecule has 0 atom stereocenters. The topological polar surface area (TPSA) is 83.3 Å². The van der Waals surface area contributed by atoms with Gasteiger partial charge in [-0.3, -0.25) is 9.78 Å². The van der Waals surface area contributed by atoms with Crippen molar-refractivity contribution in [2.75, 3.05) is 18.1 Å². The van der Waals surface area contributed by atoms with Crippen molar-refractivity contribution in [3.05, 3.63) is 70.6 Å². The molecule has 0 N–H and O–H groups in total. The Morgan fingerprint density at radius 2 is 2.00 bits per heavy atom. The molecule has 0 aliphatic heterocycles. The summed E-state index contributed by atoms with van der Waals surface area (Å²) in [4.78, 5) is 30.6. The molecule has 2 aromatic carbocycles. The lowest BCUT2D eigenvalue weighted by atomic mass is 10.1. The second-order valence-corrected chi connectivity index (χ2v) is 6.88. The molecule has 0 saturated carbocycles. The monoisotopic (exact) mass is 425 g/mol. The van der Waals surface area contributed by atoms with E-state index in [1.807, 2.05) is 6.07 Å². The van der Waals surface area contributed by atoms with Crippen LogP contribution in [0.1, 0.15) is 22.5 Å². The highest BCUT2D eigenvalue weighted by Crippen LogP contribution is 2.22. The number of carbonyl (C=O) groups is 2. The molecular weight excluding hydrogens is 409 g/mol. The summed E-state index contributed by atoms with van der Waals surface area (Å²) < 4.78 is 19.3. The van der Waals surface area contributed by atoms with Crippen molar-refractivity contribution in [1.29, 1.82) is 5.26 Å². The Balaban J connectivity index is 1.77. The van der Waals surface area contributed by atoms with Crippen molar-refractivity contribution in [2.45, 2.75) is 13.3 Å². The molecule has 152 valence electrons. The third-order valence-corrected chi connectivity index (χ3v) is 4.64. The van der Waals surface area contributed by atoms with Crippen molar-refractivity contribution in [3.63, 3.8) is 0 Å². The van der Waals surface area contributed by atoms with Crippen LogP contribution in [-0.4, -0.2) is 30.0 Å². The molecule has 1 aromatic heterocycles. The van der Waals surface area contributed by atoms with Gasteiger partial charge < -0.3 is 9.64 Å². The molecule has 0 aliphatic carbocycles. The van der Waals surface area contributed by atoms with Crippen LogP contribution in [0.2, 0.25) is 5.02 Å². The average molecular weight is 426 g/mol. The molecule has 0 spiro atoms. The Bertz CT molecular complexity index is 1160. The number of ether oxygens (including phenoxy) is 1. The highest BCUT2D eigenvalue weighted by atomic mass is 35.5. The molecule has 0 aliphatic rings. The standard InChI is InChI=1S/C22H17ClFN3O3/c1-14-17(12-15-11-16(23)7-8-19(15)26-14)22(29)30-13-21(28)27(10-4-9-25)20-6-3-2-5-18(20)24/h2-3,5-8,11-12H,4,10,13H2,1H3. The van der Waals surface area contributed by atoms with Gasteiger partial charge in [-0.05, 0) is 43.3 Å². The SMILES string of the molecule is Cc1nc2ccc(Cl)cc2cc1C(=O)OCC(=O)N(CCC#N)c1ccccc1F. The van der Waals surface area contributed by atoms with Gasteiger partial charge in [0.05, 0.1) is 35.0 Å². The summed E-state index contributed by atoms with van der Waals surface area (Å²) >= 11 is 5.99. The number of para-hydroxylation sites is 1. The molecule has 0 fully saturated rings. The van der Waals surface area contributed by atoms with Gasteiger partial charge in [-0.2, -0.15) is 5.26 Å². The molecule has 6 nitrogen and oxygen atoms in total. The van der Waals surface area contributed by atoms with Gasteiger partial charge in [0.1, 0.15) is 5.82 Å². The summed E-state index contributed by atoms with van der Waals surface area (Å²) in [6.45, 7) is 1.03. The summed E-state index contributed by atoms with van der Waals surface area (Å²) in [5.41, 5.74) is 1.34. The summed E-state index contributed by atoms with van der Waals surface area (Å²) in [6, 6.07) is 14.3. The Morgan fingerprint density at radius 3 is 2.73 bits per heavy atom. The zero-order valence-electron chi connectivity index (χ0n) is 16.1. The van der Waals surface area contributed by atoms with Crippen LogP contribution in [-0.2, 0) is 9.53 Å². The van der Waals surface area contributed by atoms with Gasteiger partial charge >= 0.3 is 5.97 Å². The first-order chi connectivity index (χ1) is 14.4. The molecule has 0 radical (unpaired) electrons. The van der Waals surface area contributed by atoms with E-state index in [1.54, 1.807) is 37.3 Å². The molecule has 30 heavy (non-hydrogen) atoms. The zero-order valence-corrected chi connectivity index (χ0v) is 16.8. The largest absolute Gasteiger partial charge is 0.452 e. The third kappa shape index (κ3) is 4.73. The van der Waals surface area contributed by atoms with E-state index in [-0.39, 0.29) is 24.2 Å². The van der Waals surface area contributed by atoms with Crippen molar-refractivity contribution >= 4 is 40.1 Å². The van der Waals surface area contributed by atoms with E-state index >= 15 is 0 Å². The first kappa shape index (κ1) is 21.2. The molecule has 1 heterocycles. The fourth-order valence-electron chi connectivity index (χ4n) is 2.95. The van der Waals surface area contributed by atoms with Gasteiger partial charge in [0.15, 0.2) is 6.61 Å². The van der Waals surface area contributed by atoms with Crippen molar-refractivity contribution < 1.29 is 18.7 Å². The minimum Gasteiger partial charge on any atom is -0.452 e. The van der Waals surface area contributed by atoms with Gasteiger partial charge in [-0.1, -0.05) is 23.7 Å². The average Bonchev–Trinajstić information content (AvgIpc) is 2.73. The number of amides is 1. The number of nitrogens with zero attached hydrogens (tertiary/aromatic N) is 3. The summed E-state index contributed by atoms with van der Waals surface area (Å²) in [5.74, 6) is -1.98. The number of halogens is 2. The van der Waals surface area contributed by atoms with E-state index in [1.165, 1.54) is 18.2 Å². The fourth-order valence-corrected chi connectivity index (χ4v) is 3.13. The number of fused-ring (bicyclic) bond motifs is 1. The van der Waals surface area contributed by atoms with Crippen molar-refractivity contribution in [1.82, 2.24) is 4.98 Å². The maximum absolute atomic E-state index is 14.1. The second kappa shape index (κ2) is 9.33. The summed E-state index contributed by atoms with van der Waals surface area (Å²) in [7, 11) is 0. The number of carbonyl (C=O) groups excluding carboxylic acids is 2. The van der Waals surface area contributed by atoms with Gasteiger partial charge in [0.25, 0.3) is 5.91 Å². The zero-order chi connectivity index (χ0) is 21.7. The van der Waals surface area contributed by atoms with E-state index in [9.17, 15) is 14.0 Å². The highest BCUT2D eigenvalue weighted by molar-refractivity contribution is 6.31. The minimum absolute atomic E-state index is 0.00246. The molecule has 3 aromatic rings. The molecule has 0 unspecified atom stereocenters. The highest BCUT2D eigenvalue weighted by Gasteiger charge is 2.21. The smallest absolute Gasteiger partial charge is 0.340 e. The number of nitriles is 1. The van der Waals surface area contributed by atoms with Crippen LogP contribution in [0.5, 0.6) is 0 Å². The molecule has 0 saturated heterocycles. The van der Waals surface area contributed by atoms with Crippen LogP contribution in [0.4, 0.5) is 10.1 Å². The van der Waals surface area contributed by atoms with E-state index in [2.05, 4.69) is 4.98 Å². The predicted molar refractivity (Wildman–Crippen MR) is 111 cm³/mol. The van der Waals surface area contributed by atoms with Gasteiger partial charge in [0.2, 0.25) is 0 Å². The van der Waals surface area contributed by atoms with Crippen molar-refractivity contribution in [2.24, 2.45) is 0 Å². The maximum Gasteiger partial charge on any atom is 0.340 e. The molecule has 0 bridgehead atoms. The normalized spacial score (nSPS) is 10.5. The summed E-state index contributed by atoms with van der Waals surface area (Å²) in [5, 5.41) is 9.99. The Kier molecular flexibility index (Phi) is 6.60. The van der Waals surface area contributed by atoms with Crippen LogP contribution in [0.3, 0.4) is 0 Å². The third-order valence-electron chi connectivity index (χ3n) is 4.41. The van der Waals surface area contributed by atoms with Crippen LogP contribution in [0.25, 0.3) is 10.9 Å². The van der Waals surface area contributed by atoms with E-state index in [0.717, 1.165) is 4.90 Å². The van der Waals surface area contributed by atoms with Crippen LogP contribution in [0, 0.1) is 24.1 Å². The predicted octanol–water partition coefficient (Wildman–Crippen LogP) is 4.44. The van der Waals surface area contributed by atoms with E-state index < -0.39 is 24.3 Å². The van der Waals surface area contributed by atoms with E-state index in [0.29, 0.717) is 21.6 Å². The number of pyridine rings is 1. The number of anilines is 1. The number of hydrogen-bond donors (Lipinski definition) is 0. The lowest BCUT2D eigenvalue weighted by molar-refractivity contribution is -0.121. The lowest BCUT2D eigenvalue weighted by Crippen LogP contribution is -2.36. The first-order valence-corrected chi connectivity index (χ1v) is 9.44. The van der Waals surface area contributed by atoms with Crippen LogP contribution < -0.4 is 4.90 Å². The number of esters is 1. The minimum atomic E-state index is -0.732. The number of aromatic nitrogens is 1. The van der Waals surface area contributed by atoms with Gasteiger partial charge in [0, 0.05) is 17.0 Å². The molecular formula is C22H17ClFN3O3. The Morgan fingerprint density at radius 1 is 1.23 bits per heavy atom. The second-order valence-electron chi connectivity index (χ2n) is 6.44. The summed E-state index contributed by atoms with van der Waals surface area (Å²) in [6.07, 6.45) is 0.00246. The molecule has 8 heteroatoms. The number of hydrogen-bond acceptors (Lipinski definition) is 5. The molecule has 3 rings (SSSR count). The maximum atomic E-state index is 14.1. The van der Waals surface area contributed by atoms with E-state index in [4.69, 9.17) is 21.6 Å². The Labute approximate surface area is 177 Å². The number of benzene rings is 2. The molecule has 1 amide bonds. The Hall–Kier alpha value is -3.50. The number of aryl methyl sites for hydroxylation is 1. The van der Waals surface area contributed by atoms with Gasteiger partial charge in [-0.15, -0.1) is 0 Å². The van der Waals surface area contributed by atoms with Gasteiger partial charge in [-0.25, -0.2) is 9.18 Å². The number of rotatable bonds is 6. The van der Waals surface area contributed by atoms with Crippen LogP contribution in [0.15, 0.2) is 48.5 Å². The fraction of sp³-hybridized carbons (Fsp3) is 0.182. The quantitative estimate of drug-likeness (QED) is 0.545. The van der Waals surface area contributed by atoms with Crippen LogP contribution >= 0.6 is 11.6 Å². The first-order valence-electron chi connectivity index (χ1n) is 9.06.